The minimum Gasteiger partial charge on any atom is -0.496 e. The van der Waals surface area contributed by atoms with Crippen LogP contribution in [0.4, 0.5) is 0 Å². The van der Waals surface area contributed by atoms with Crippen molar-refractivity contribution in [2.24, 2.45) is 5.73 Å². The van der Waals surface area contributed by atoms with Gasteiger partial charge in [0.05, 0.1) is 13.5 Å². The van der Waals surface area contributed by atoms with E-state index in [0.29, 0.717) is 0 Å². The smallest absolute Gasteiger partial charge is 0.304 e. The predicted octanol–water partition coefficient (Wildman–Crippen LogP) is 1.07. The first-order valence-corrected chi connectivity index (χ1v) is 5.78. The van der Waals surface area contributed by atoms with Gasteiger partial charge < -0.3 is 20.9 Å². The van der Waals surface area contributed by atoms with Crippen LogP contribution in [-0.2, 0) is 4.79 Å². The average Bonchev–Trinajstić information content (AvgIpc) is 2.29. The van der Waals surface area contributed by atoms with Crippen LogP contribution >= 0.6 is 0 Å². The lowest BCUT2D eigenvalue weighted by Crippen LogP contribution is -2.37. The minimum atomic E-state index is -0.895. The highest BCUT2D eigenvalue weighted by molar-refractivity contribution is 5.67. The zero-order valence-corrected chi connectivity index (χ0v) is 10.9. The summed E-state index contributed by atoms with van der Waals surface area (Å²) < 4.78 is 5.19. The fourth-order valence-electron chi connectivity index (χ4n) is 2.04. The van der Waals surface area contributed by atoms with Gasteiger partial charge in [-0.05, 0) is 31.2 Å². The number of carboxylic acids is 1. The maximum atomic E-state index is 10.7. The summed E-state index contributed by atoms with van der Waals surface area (Å²) >= 11 is 0. The van der Waals surface area contributed by atoms with Crippen LogP contribution in [0.25, 0.3) is 0 Å². The lowest BCUT2D eigenvalue weighted by molar-refractivity contribution is -0.137. The Kier molecular flexibility index (Phi) is 5.12. The Hall–Kier alpha value is -1.59. The van der Waals surface area contributed by atoms with Gasteiger partial charge in [-0.3, -0.25) is 4.79 Å². The molecule has 1 aromatic carbocycles. The van der Waals surface area contributed by atoms with Gasteiger partial charge in [0.15, 0.2) is 0 Å². The van der Waals surface area contributed by atoms with Crippen LogP contribution in [0, 0.1) is 6.92 Å². The number of methoxy groups -OCH3 is 1. The third-order valence-electron chi connectivity index (χ3n) is 2.93. The molecule has 1 aromatic rings. The van der Waals surface area contributed by atoms with Crippen molar-refractivity contribution in [1.29, 1.82) is 0 Å². The summed E-state index contributed by atoms with van der Waals surface area (Å²) in [5.41, 5.74) is 7.87. The molecule has 18 heavy (non-hydrogen) atoms. The normalized spacial score (nSPS) is 14.0. The molecule has 0 saturated heterocycles. The van der Waals surface area contributed by atoms with E-state index in [2.05, 4.69) is 5.32 Å². The molecule has 0 spiro atoms. The molecule has 2 unspecified atom stereocenters. The van der Waals surface area contributed by atoms with Crippen molar-refractivity contribution in [2.45, 2.75) is 25.4 Å². The average molecular weight is 252 g/mol. The summed E-state index contributed by atoms with van der Waals surface area (Å²) in [6.45, 7) is 1.94. The first kappa shape index (κ1) is 14.5. The molecular weight excluding hydrogens is 232 g/mol. The highest BCUT2D eigenvalue weighted by atomic mass is 16.5. The molecule has 2 atom stereocenters. The van der Waals surface area contributed by atoms with Crippen LogP contribution in [0.5, 0.6) is 5.75 Å². The molecule has 100 valence electrons. The summed E-state index contributed by atoms with van der Waals surface area (Å²) in [5.74, 6) is -0.0895. The molecule has 0 aliphatic rings. The van der Waals surface area contributed by atoms with E-state index in [-0.39, 0.29) is 12.5 Å². The van der Waals surface area contributed by atoms with Gasteiger partial charge in [0.2, 0.25) is 0 Å². The highest BCUT2D eigenvalue weighted by Gasteiger charge is 2.21. The van der Waals surface area contributed by atoms with Gasteiger partial charge in [0, 0.05) is 12.1 Å². The van der Waals surface area contributed by atoms with Gasteiger partial charge in [-0.15, -0.1) is 0 Å². The van der Waals surface area contributed by atoms with E-state index in [1.807, 2.05) is 25.1 Å². The summed E-state index contributed by atoms with van der Waals surface area (Å²) in [6, 6.07) is 5.06. The molecule has 0 saturated carbocycles. The molecule has 0 heterocycles. The predicted molar refractivity (Wildman–Crippen MR) is 69.8 cm³/mol. The van der Waals surface area contributed by atoms with Crippen LogP contribution in [0.1, 0.15) is 23.6 Å². The number of hydrogen-bond donors (Lipinski definition) is 3. The van der Waals surface area contributed by atoms with Crippen LogP contribution in [0.15, 0.2) is 18.2 Å². The fourth-order valence-corrected chi connectivity index (χ4v) is 2.04. The van der Waals surface area contributed by atoms with Gasteiger partial charge >= 0.3 is 5.97 Å². The summed E-state index contributed by atoms with van der Waals surface area (Å²) in [7, 11) is 3.39. The summed E-state index contributed by atoms with van der Waals surface area (Å²) in [4.78, 5) is 10.7. The second kappa shape index (κ2) is 6.37. The molecule has 0 amide bonds. The van der Waals surface area contributed by atoms with Crippen molar-refractivity contribution < 1.29 is 14.6 Å². The van der Waals surface area contributed by atoms with Crippen LogP contribution in [-0.4, -0.2) is 31.3 Å². The standard InChI is InChI=1S/C13H20N2O3/c1-8-6-9(4-5-11(8)18-3)13(15-2)10(14)7-12(16)17/h4-6,10,13,15H,7,14H2,1-3H3,(H,16,17). The Morgan fingerprint density at radius 1 is 1.56 bits per heavy atom. The fraction of sp³-hybridized carbons (Fsp3) is 0.462. The molecule has 0 bridgehead atoms. The second-order valence-corrected chi connectivity index (χ2v) is 4.26. The van der Waals surface area contributed by atoms with E-state index < -0.39 is 12.0 Å². The van der Waals surface area contributed by atoms with Crippen molar-refractivity contribution in [3.05, 3.63) is 29.3 Å². The quantitative estimate of drug-likeness (QED) is 0.705. The van der Waals surface area contributed by atoms with Crippen LogP contribution in [0.2, 0.25) is 0 Å². The lowest BCUT2D eigenvalue weighted by Gasteiger charge is -2.23. The molecule has 0 aliphatic heterocycles. The number of nitrogens with one attached hydrogen (secondary N) is 1. The van der Waals surface area contributed by atoms with Gasteiger partial charge in [0.1, 0.15) is 5.75 Å². The summed E-state index contributed by atoms with van der Waals surface area (Å²) in [6.07, 6.45) is -0.0728. The molecule has 1 rings (SSSR count). The van der Waals surface area contributed by atoms with Gasteiger partial charge in [-0.25, -0.2) is 0 Å². The number of carboxylic acid groups (broad SMARTS) is 1. The number of likely N-dealkylation sites (N-methyl/N-ethyl adjacent to an activating group) is 1. The lowest BCUT2D eigenvalue weighted by atomic mass is 9.96. The van der Waals surface area contributed by atoms with E-state index in [0.717, 1.165) is 16.9 Å². The Bertz CT molecular complexity index is 421. The number of rotatable bonds is 6. The minimum absolute atomic E-state index is 0.0728. The van der Waals surface area contributed by atoms with Gasteiger partial charge in [-0.2, -0.15) is 0 Å². The van der Waals surface area contributed by atoms with Gasteiger partial charge in [-0.1, -0.05) is 12.1 Å². The maximum absolute atomic E-state index is 10.7. The molecular formula is C13H20N2O3. The Morgan fingerprint density at radius 3 is 2.67 bits per heavy atom. The largest absolute Gasteiger partial charge is 0.496 e. The molecule has 0 radical (unpaired) electrons. The van der Waals surface area contributed by atoms with Crippen molar-refractivity contribution in [3.63, 3.8) is 0 Å². The summed E-state index contributed by atoms with van der Waals surface area (Å²) in [5, 5.41) is 11.8. The number of nitrogens with two attached hydrogens (primary N) is 1. The molecule has 0 fully saturated rings. The molecule has 0 aliphatic carbocycles. The SMILES string of the molecule is CNC(c1ccc(OC)c(C)c1)C(N)CC(=O)O. The Morgan fingerprint density at radius 2 is 2.22 bits per heavy atom. The van der Waals surface area contributed by atoms with E-state index in [4.69, 9.17) is 15.6 Å². The van der Waals surface area contributed by atoms with E-state index in [1.165, 1.54) is 0 Å². The number of ether oxygens (including phenoxy) is 1. The van der Waals surface area contributed by atoms with Gasteiger partial charge in [0.25, 0.3) is 0 Å². The van der Waals surface area contributed by atoms with E-state index in [1.54, 1.807) is 14.2 Å². The topological polar surface area (TPSA) is 84.6 Å². The van der Waals surface area contributed by atoms with Crippen LogP contribution < -0.4 is 15.8 Å². The van der Waals surface area contributed by atoms with Crippen molar-refractivity contribution in [1.82, 2.24) is 5.32 Å². The van der Waals surface area contributed by atoms with Crippen LogP contribution in [0.3, 0.4) is 0 Å². The molecule has 5 heteroatoms. The third kappa shape index (κ3) is 3.45. The Balaban J connectivity index is 2.94. The van der Waals surface area contributed by atoms with E-state index in [9.17, 15) is 4.79 Å². The van der Waals surface area contributed by atoms with Crippen molar-refractivity contribution in [2.75, 3.05) is 14.2 Å². The number of hydrogen-bond acceptors (Lipinski definition) is 4. The second-order valence-electron chi connectivity index (χ2n) is 4.26. The molecule has 5 nitrogen and oxygen atoms in total. The maximum Gasteiger partial charge on any atom is 0.304 e. The van der Waals surface area contributed by atoms with E-state index >= 15 is 0 Å². The number of benzene rings is 1. The van der Waals surface area contributed by atoms with Crippen molar-refractivity contribution in [3.8, 4) is 5.75 Å². The first-order chi connectivity index (χ1) is 8.49. The monoisotopic (exact) mass is 252 g/mol. The first-order valence-electron chi connectivity index (χ1n) is 5.78. The number of aryl methyl sites for hydroxylation is 1. The third-order valence-corrected chi connectivity index (χ3v) is 2.93. The highest BCUT2D eigenvalue weighted by Crippen LogP contribution is 2.24. The molecule has 0 aromatic heterocycles. The Labute approximate surface area is 107 Å². The molecule has 4 N–H and O–H groups in total. The zero-order chi connectivity index (χ0) is 13.7. The van der Waals surface area contributed by atoms with Crippen molar-refractivity contribution >= 4 is 5.97 Å². The number of carbonyl (C=O) groups is 1. The number of aliphatic carboxylic acids is 1. The zero-order valence-electron chi connectivity index (χ0n) is 10.9.